The van der Waals surface area contributed by atoms with E-state index in [9.17, 15) is 0 Å². The Morgan fingerprint density at radius 2 is 2.00 bits per heavy atom. The summed E-state index contributed by atoms with van der Waals surface area (Å²) in [5, 5.41) is 4.60. The molecule has 0 saturated carbocycles. The van der Waals surface area contributed by atoms with Crippen LogP contribution in [0.4, 0.5) is 5.69 Å². The summed E-state index contributed by atoms with van der Waals surface area (Å²) in [6.45, 7) is 0.718. The number of fused-ring (bicyclic) bond motifs is 1. The fourth-order valence-electron chi connectivity index (χ4n) is 2.32. The summed E-state index contributed by atoms with van der Waals surface area (Å²) in [5.74, 6) is 0.830. The number of nitrogens with one attached hydrogen (secondary N) is 1. The molecule has 106 valence electrons. The highest BCUT2D eigenvalue weighted by atomic mass is 79.9. The molecule has 0 amide bonds. The van der Waals surface area contributed by atoms with Gasteiger partial charge in [-0.15, -0.1) is 0 Å². The summed E-state index contributed by atoms with van der Waals surface area (Å²) in [6, 6.07) is 16.1. The smallest absolute Gasteiger partial charge is 0.142 e. The summed E-state index contributed by atoms with van der Waals surface area (Å²) < 4.78 is 6.40. The molecule has 0 aliphatic carbocycles. The third kappa shape index (κ3) is 3.00. The molecule has 1 N–H and O–H groups in total. The SMILES string of the molecule is COc1ccc(Br)cc1NCc1ccnc2ccccc12. The van der Waals surface area contributed by atoms with Crippen LogP contribution in [0, 0.1) is 0 Å². The summed E-state index contributed by atoms with van der Waals surface area (Å²) in [7, 11) is 1.68. The second-order valence-electron chi connectivity index (χ2n) is 4.69. The van der Waals surface area contributed by atoms with E-state index in [1.165, 1.54) is 10.9 Å². The van der Waals surface area contributed by atoms with Crippen molar-refractivity contribution in [2.75, 3.05) is 12.4 Å². The molecule has 0 saturated heterocycles. The van der Waals surface area contributed by atoms with Crippen LogP contribution in [0.3, 0.4) is 0 Å². The van der Waals surface area contributed by atoms with Crippen molar-refractivity contribution >= 4 is 32.5 Å². The van der Waals surface area contributed by atoms with Gasteiger partial charge < -0.3 is 10.1 Å². The maximum absolute atomic E-state index is 5.38. The maximum Gasteiger partial charge on any atom is 0.142 e. The highest BCUT2D eigenvalue weighted by molar-refractivity contribution is 9.10. The van der Waals surface area contributed by atoms with Gasteiger partial charge in [0.1, 0.15) is 5.75 Å². The second-order valence-corrected chi connectivity index (χ2v) is 5.60. The predicted octanol–water partition coefficient (Wildman–Crippen LogP) is 4.62. The van der Waals surface area contributed by atoms with E-state index in [0.29, 0.717) is 0 Å². The zero-order chi connectivity index (χ0) is 14.7. The minimum atomic E-state index is 0.718. The lowest BCUT2D eigenvalue weighted by Crippen LogP contribution is -2.02. The van der Waals surface area contributed by atoms with Crippen LogP contribution >= 0.6 is 15.9 Å². The highest BCUT2D eigenvalue weighted by Gasteiger charge is 2.05. The molecular formula is C17H15BrN2O. The van der Waals surface area contributed by atoms with Gasteiger partial charge in [-0.25, -0.2) is 0 Å². The van der Waals surface area contributed by atoms with Crippen molar-refractivity contribution in [1.29, 1.82) is 0 Å². The molecule has 3 aromatic rings. The van der Waals surface area contributed by atoms with Gasteiger partial charge in [0.05, 0.1) is 18.3 Å². The molecule has 0 aliphatic rings. The monoisotopic (exact) mass is 342 g/mol. The fourth-order valence-corrected chi connectivity index (χ4v) is 2.68. The lowest BCUT2D eigenvalue weighted by Gasteiger charge is -2.12. The van der Waals surface area contributed by atoms with Crippen LogP contribution in [0.25, 0.3) is 10.9 Å². The van der Waals surface area contributed by atoms with E-state index in [4.69, 9.17) is 4.74 Å². The molecule has 0 spiro atoms. The number of para-hydroxylation sites is 1. The summed E-state index contributed by atoms with van der Waals surface area (Å²) >= 11 is 3.49. The number of benzene rings is 2. The lowest BCUT2D eigenvalue weighted by molar-refractivity contribution is 0.416. The van der Waals surface area contributed by atoms with Gasteiger partial charge in [0.25, 0.3) is 0 Å². The van der Waals surface area contributed by atoms with Crippen molar-refractivity contribution in [1.82, 2.24) is 4.98 Å². The first-order valence-electron chi connectivity index (χ1n) is 6.68. The zero-order valence-corrected chi connectivity index (χ0v) is 13.2. The number of methoxy groups -OCH3 is 1. The average molecular weight is 343 g/mol. The van der Waals surface area contributed by atoms with E-state index < -0.39 is 0 Å². The van der Waals surface area contributed by atoms with Crippen LogP contribution in [-0.2, 0) is 6.54 Å². The number of nitrogens with zero attached hydrogens (tertiary/aromatic N) is 1. The molecule has 0 radical (unpaired) electrons. The largest absolute Gasteiger partial charge is 0.495 e. The number of pyridine rings is 1. The number of anilines is 1. The van der Waals surface area contributed by atoms with Gasteiger partial charge in [0.2, 0.25) is 0 Å². The predicted molar refractivity (Wildman–Crippen MR) is 89.8 cm³/mol. The number of hydrogen-bond donors (Lipinski definition) is 1. The number of rotatable bonds is 4. The van der Waals surface area contributed by atoms with Crippen molar-refractivity contribution in [2.45, 2.75) is 6.54 Å². The van der Waals surface area contributed by atoms with Crippen LogP contribution < -0.4 is 10.1 Å². The Kier molecular flexibility index (Phi) is 4.06. The van der Waals surface area contributed by atoms with Crippen molar-refractivity contribution in [2.24, 2.45) is 0 Å². The normalized spacial score (nSPS) is 10.6. The van der Waals surface area contributed by atoms with Gasteiger partial charge >= 0.3 is 0 Å². The molecule has 21 heavy (non-hydrogen) atoms. The van der Waals surface area contributed by atoms with E-state index >= 15 is 0 Å². The molecule has 4 heteroatoms. The first kappa shape index (κ1) is 13.9. The first-order chi connectivity index (χ1) is 10.3. The second kappa shape index (κ2) is 6.14. The van der Waals surface area contributed by atoms with Gasteiger partial charge in [-0.05, 0) is 35.9 Å². The van der Waals surface area contributed by atoms with Gasteiger partial charge in [-0.2, -0.15) is 0 Å². The number of halogens is 1. The topological polar surface area (TPSA) is 34.1 Å². The highest BCUT2D eigenvalue weighted by Crippen LogP contribution is 2.28. The van der Waals surface area contributed by atoms with Crippen molar-refractivity contribution < 1.29 is 4.74 Å². The standard InChI is InChI=1S/C17H15BrN2O/c1-21-17-7-6-13(18)10-16(17)20-11-12-8-9-19-15-5-3-2-4-14(12)15/h2-10,20H,11H2,1H3. The summed E-state index contributed by atoms with van der Waals surface area (Å²) in [4.78, 5) is 4.38. The van der Waals surface area contributed by atoms with Gasteiger partial charge in [0, 0.05) is 22.6 Å². The molecule has 0 bridgehead atoms. The van der Waals surface area contributed by atoms with E-state index in [1.807, 2.05) is 48.7 Å². The number of ether oxygens (including phenoxy) is 1. The minimum absolute atomic E-state index is 0.718. The Morgan fingerprint density at radius 1 is 1.14 bits per heavy atom. The van der Waals surface area contributed by atoms with Crippen LogP contribution in [0.5, 0.6) is 5.75 Å². The number of hydrogen-bond acceptors (Lipinski definition) is 3. The Hall–Kier alpha value is -2.07. The van der Waals surface area contributed by atoms with Crippen LogP contribution in [0.2, 0.25) is 0 Å². The van der Waals surface area contributed by atoms with Crippen molar-refractivity contribution in [3.05, 3.63) is 64.8 Å². The van der Waals surface area contributed by atoms with E-state index in [0.717, 1.165) is 28.0 Å². The van der Waals surface area contributed by atoms with Gasteiger partial charge in [-0.3, -0.25) is 4.98 Å². The van der Waals surface area contributed by atoms with Gasteiger partial charge in [-0.1, -0.05) is 34.1 Å². The third-order valence-electron chi connectivity index (χ3n) is 3.37. The quantitative estimate of drug-likeness (QED) is 0.751. The maximum atomic E-state index is 5.38. The molecule has 0 aliphatic heterocycles. The molecule has 1 heterocycles. The van der Waals surface area contributed by atoms with Crippen molar-refractivity contribution in [3.8, 4) is 5.75 Å². The Bertz CT molecular complexity index is 768. The van der Waals surface area contributed by atoms with Crippen molar-refractivity contribution in [3.63, 3.8) is 0 Å². The van der Waals surface area contributed by atoms with E-state index in [2.05, 4.69) is 32.3 Å². The molecule has 3 rings (SSSR count). The molecule has 1 aromatic heterocycles. The molecule has 0 unspecified atom stereocenters. The molecular weight excluding hydrogens is 328 g/mol. The number of aromatic nitrogens is 1. The first-order valence-corrected chi connectivity index (χ1v) is 7.47. The molecule has 0 atom stereocenters. The molecule has 0 fully saturated rings. The average Bonchev–Trinajstić information content (AvgIpc) is 2.53. The third-order valence-corrected chi connectivity index (χ3v) is 3.86. The van der Waals surface area contributed by atoms with Gasteiger partial charge in [0.15, 0.2) is 0 Å². The summed E-state index contributed by atoms with van der Waals surface area (Å²) in [6.07, 6.45) is 1.84. The zero-order valence-electron chi connectivity index (χ0n) is 11.6. The Labute approximate surface area is 132 Å². The van der Waals surface area contributed by atoms with Crippen LogP contribution in [-0.4, -0.2) is 12.1 Å². The molecule has 2 aromatic carbocycles. The summed E-state index contributed by atoms with van der Waals surface area (Å²) in [5.41, 5.74) is 3.19. The molecule has 3 nitrogen and oxygen atoms in total. The van der Waals surface area contributed by atoms with Crippen LogP contribution in [0.15, 0.2) is 59.2 Å². The van der Waals surface area contributed by atoms with E-state index in [-0.39, 0.29) is 0 Å². The lowest BCUT2D eigenvalue weighted by atomic mass is 10.1. The minimum Gasteiger partial charge on any atom is -0.495 e. The van der Waals surface area contributed by atoms with Crippen LogP contribution in [0.1, 0.15) is 5.56 Å². The Morgan fingerprint density at radius 3 is 2.86 bits per heavy atom. The fraction of sp³-hybridized carbons (Fsp3) is 0.118. The Balaban J connectivity index is 1.89. The van der Waals surface area contributed by atoms with E-state index in [1.54, 1.807) is 7.11 Å².